The van der Waals surface area contributed by atoms with Crippen molar-refractivity contribution in [1.82, 2.24) is 10.2 Å². The van der Waals surface area contributed by atoms with E-state index in [0.29, 0.717) is 35.8 Å². The predicted octanol–water partition coefficient (Wildman–Crippen LogP) is 4.31. The number of hydrogen-bond acceptors (Lipinski definition) is 3. The van der Waals surface area contributed by atoms with E-state index in [9.17, 15) is 9.59 Å². The molecule has 0 spiro atoms. The van der Waals surface area contributed by atoms with Crippen molar-refractivity contribution < 1.29 is 9.59 Å². The topological polar surface area (TPSA) is 61.4 Å². The molecular formula is C25H31N3O2. The normalized spacial score (nSPS) is 16.0. The van der Waals surface area contributed by atoms with Crippen LogP contribution in [0.4, 0.5) is 5.69 Å². The van der Waals surface area contributed by atoms with E-state index >= 15 is 0 Å². The Bertz CT molecular complexity index is 899. The Hall–Kier alpha value is -2.66. The molecule has 0 atom stereocenters. The Balaban J connectivity index is 1.35. The molecule has 0 heterocycles. The van der Waals surface area contributed by atoms with Gasteiger partial charge in [-0.2, -0.15) is 0 Å². The molecule has 2 amide bonds. The highest BCUT2D eigenvalue weighted by molar-refractivity contribution is 5.97. The van der Waals surface area contributed by atoms with Crippen LogP contribution < -0.4 is 10.6 Å². The quantitative estimate of drug-likeness (QED) is 0.654. The SMILES string of the molecule is CC(C)c1ccc(CN(CC(=O)Nc2cccc(C(=O)NC3CC3)c2)C2CC2)cc1. The van der Waals surface area contributed by atoms with Crippen LogP contribution in [0.1, 0.15) is 66.9 Å². The summed E-state index contributed by atoms with van der Waals surface area (Å²) in [6, 6.07) is 16.7. The summed E-state index contributed by atoms with van der Waals surface area (Å²) in [6.07, 6.45) is 4.40. The number of benzene rings is 2. The molecule has 2 saturated carbocycles. The van der Waals surface area contributed by atoms with Crippen LogP contribution in [0.15, 0.2) is 48.5 Å². The molecule has 2 aromatic carbocycles. The Morgan fingerprint density at radius 1 is 1.03 bits per heavy atom. The van der Waals surface area contributed by atoms with Crippen molar-refractivity contribution in [2.24, 2.45) is 0 Å². The average Bonchev–Trinajstić information content (AvgIpc) is 3.62. The van der Waals surface area contributed by atoms with E-state index in [-0.39, 0.29) is 11.8 Å². The zero-order valence-corrected chi connectivity index (χ0v) is 17.9. The van der Waals surface area contributed by atoms with Crippen molar-refractivity contribution in [2.45, 2.75) is 64.1 Å². The van der Waals surface area contributed by atoms with Crippen LogP contribution in [-0.2, 0) is 11.3 Å². The molecule has 5 heteroatoms. The Labute approximate surface area is 178 Å². The minimum Gasteiger partial charge on any atom is -0.349 e. The van der Waals surface area contributed by atoms with E-state index in [4.69, 9.17) is 0 Å². The molecule has 0 saturated heterocycles. The lowest BCUT2D eigenvalue weighted by Crippen LogP contribution is -2.34. The minimum atomic E-state index is -0.0712. The summed E-state index contributed by atoms with van der Waals surface area (Å²) in [5.74, 6) is 0.407. The molecule has 2 aromatic rings. The van der Waals surface area contributed by atoms with Gasteiger partial charge in [0.25, 0.3) is 5.91 Å². The van der Waals surface area contributed by atoms with Crippen LogP contribution in [-0.4, -0.2) is 35.3 Å². The second-order valence-corrected chi connectivity index (χ2v) is 8.91. The van der Waals surface area contributed by atoms with Crippen LogP contribution >= 0.6 is 0 Å². The largest absolute Gasteiger partial charge is 0.349 e. The van der Waals surface area contributed by atoms with Gasteiger partial charge in [0.05, 0.1) is 6.54 Å². The van der Waals surface area contributed by atoms with Crippen LogP contribution in [0.2, 0.25) is 0 Å². The summed E-state index contributed by atoms with van der Waals surface area (Å²) in [5, 5.41) is 5.95. The van der Waals surface area contributed by atoms with Crippen molar-refractivity contribution >= 4 is 17.5 Å². The standard InChI is InChI=1S/C25H31N3O2/c1-17(2)19-8-6-18(7-9-19)15-28(23-12-13-23)16-24(29)26-22-5-3-4-20(14-22)25(30)27-21-10-11-21/h3-9,14,17,21,23H,10-13,15-16H2,1-2H3,(H,26,29)(H,27,30). The summed E-state index contributed by atoms with van der Waals surface area (Å²) < 4.78 is 0. The van der Waals surface area contributed by atoms with E-state index in [0.717, 1.165) is 32.2 Å². The van der Waals surface area contributed by atoms with Gasteiger partial charge >= 0.3 is 0 Å². The van der Waals surface area contributed by atoms with Gasteiger partial charge in [-0.05, 0) is 60.9 Å². The Morgan fingerprint density at radius 3 is 2.40 bits per heavy atom. The van der Waals surface area contributed by atoms with Crippen molar-refractivity contribution in [1.29, 1.82) is 0 Å². The number of rotatable bonds is 9. The van der Waals surface area contributed by atoms with Gasteiger partial charge in [-0.15, -0.1) is 0 Å². The number of carbonyl (C=O) groups is 2. The van der Waals surface area contributed by atoms with Gasteiger partial charge in [0, 0.05) is 29.9 Å². The average molecular weight is 406 g/mol. The number of hydrogen-bond donors (Lipinski definition) is 2. The lowest BCUT2D eigenvalue weighted by atomic mass is 10.0. The molecule has 30 heavy (non-hydrogen) atoms. The lowest BCUT2D eigenvalue weighted by molar-refractivity contribution is -0.117. The van der Waals surface area contributed by atoms with Gasteiger partial charge < -0.3 is 10.6 Å². The van der Waals surface area contributed by atoms with Crippen molar-refractivity contribution in [3.63, 3.8) is 0 Å². The molecule has 0 radical (unpaired) electrons. The molecule has 4 rings (SSSR count). The van der Waals surface area contributed by atoms with Gasteiger partial charge in [0.1, 0.15) is 0 Å². The molecular weight excluding hydrogens is 374 g/mol. The Kier molecular flexibility index (Phi) is 6.18. The van der Waals surface area contributed by atoms with E-state index in [2.05, 4.69) is 53.6 Å². The number of carbonyl (C=O) groups excluding carboxylic acids is 2. The first kappa shape index (κ1) is 20.6. The smallest absolute Gasteiger partial charge is 0.251 e. The third-order valence-electron chi connectivity index (χ3n) is 5.76. The zero-order chi connectivity index (χ0) is 21.1. The molecule has 0 aliphatic heterocycles. The Morgan fingerprint density at radius 2 is 1.77 bits per heavy atom. The highest BCUT2D eigenvalue weighted by atomic mass is 16.2. The monoisotopic (exact) mass is 405 g/mol. The maximum absolute atomic E-state index is 12.7. The molecule has 0 bridgehead atoms. The van der Waals surface area contributed by atoms with Gasteiger partial charge in [-0.1, -0.05) is 44.2 Å². The molecule has 0 aromatic heterocycles. The molecule has 5 nitrogen and oxygen atoms in total. The van der Waals surface area contributed by atoms with E-state index in [1.54, 1.807) is 12.1 Å². The van der Waals surface area contributed by atoms with Gasteiger partial charge in [-0.3, -0.25) is 14.5 Å². The van der Waals surface area contributed by atoms with Crippen LogP contribution in [0.5, 0.6) is 0 Å². The maximum atomic E-state index is 12.7. The lowest BCUT2D eigenvalue weighted by Gasteiger charge is -2.22. The van der Waals surface area contributed by atoms with Gasteiger partial charge in [-0.25, -0.2) is 0 Å². The highest BCUT2D eigenvalue weighted by Crippen LogP contribution is 2.28. The number of anilines is 1. The van der Waals surface area contributed by atoms with Gasteiger partial charge in [0.2, 0.25) is 5.91 Å². The molecule has 0 unspecified atom stereocenters. The van der Waals surface area contributed by atoms with Crippen molar-refractivity contribution in [2.75, 3.05) is 11.9 Å². The first-order valence-electron chi connectivity index (χ1n) is 11.0. The third kappa shape index (κ3) is 5.70. The van der Waals surface area contributed by atoms with Crippen molar-refractivity contribution in [3.8, 4) is 0 Å². The summed E-state index contributed by atoms with van der Waals surface area (Å²) >= 11 is 0. The minimum absolute atomic E-state index is 0.0412. The second kappa shape index (κ2) is 9.00. The number of nitrogens with zero attached hydrogens (tertiary/aromatic N) is 1. The molecule has 158 valence electrons. The fourth-order valence-corrected chi connectivity index (χ4v) is 3.62. The molecule has 2 N–H and O–H groups in total. The third-order valence-corrected chi connectivity index (χ3v) is 5.76. The first-order chi connectivity index (χ1) is 14.5. The van der Waals surface area contributed by atoms with E-state index in [1.165, 1.54) is 11.1 Å². The van der Waals surface area contributed by atoms with Crippen LogP contribution in [0, 0.1) is 0 Å². The molecule has 2 aliphatic rings. The second-order valence-electron chi connectivity index (χ2n) is 8.91. The zero-order valence-electron chi connectivity index (χ0n) is 17.9. The summed E-state index contributed by atoms with van der Waals surface area (Å²) in [4.78, 5) is 27.2. The van der Waals surface area contributed by atoms with E-state index in [1.807, 2.05) is 12.1 Å². The summed E-state index contributed by atoms with van der Waals surface area (Å²) in [7, 11) is 0. The fraction of sp³-hybridized carbons (Fsp3) is 0.440. The van der Waals surface area contributed by atoms with Crippen molar-refractivity contribution in [3.05, 3.63) is 65.2 Å². The summed E-state index contributed by atoms with van der Waals surface area (Å²) in [6.45, 7) is 5.52. The number of amides is 2. The fourth-order valence-electron chi connectivity index (χ4n) is 3.62. The van der Waals surface area contributed by atoms with Gasteiger partial charge in [0.15, 0.2) is 0 Å². The predicted molar refractivity (Wildman–Crippen MR) is 120 cm³/mol. The molecule has 2 fully saturated rings. The maximum Gasteiger partial charge on any atom is 0.251 e. The highest BCUT2D eigenvalue weighted by Gasteiger charge is 2.30. The first-order valence-corrected chi connectivity index (χ1v) is 11.0. The summed E-state index contributed by atoms with van der Waals surface area (Å²) in [5.41, 5.74) is 3.82. The number of nitrogens with one attached hydrogen (secondary N) is 2. The van der Waals surface area contributed by atoms with Crippen LogP contribution in [0.3, 0.4) is 0 Å². The van der Waals surface area contributed by atoms with Crippen LogP contribution in [0.25, 0.3) is 0 Å². The molecule has 2 aliphatic carbocycles. The van der Waals surface area contributed by atoms with E-state index < -0.39 is 0 Å².